The lowest BCUT2D eigenvalue weighted by Gasteiger charge is -2.18. The van der Waals surface area contributed by atoms with E-state index in [1.165, 1.54) is 16.7 Å². The third-order valence-electron chi connectivity index (χ3n) is 2.46. The van der Waals surface area contributed by atoms with E-state index in [0.717, 1.165) is 12.7 Å². The maximum atomic E-state index is 10.8. The van der Waals surface area contributed by atoms with Gasteiger partial charge in [-0.2, -0.15) is 0 Å². The van der Waals surface area contributed by atoms with Gasteiger partial charge in [0.1, 0.15) is 6.29 Å². The zero-order valence-corrected chi connectivity index (χ0v) is 9.42. The van der Waals surface area contributed by atoms with Gasteiger partial charge in [0.2, 0.25) is 0 Å². The molecule has 0 bridgehead atoms. The van der Waals surface area contributed by atoms with Crippen molar-refractivity contribution in [2.45, 2.75) is 34.1 Å². The first kappa shape index (κ1) is 11.0. The summed E-state index contributed by atoms with van der Waals surface area (Å²) in [5.41, 5.74) is 3.57. The summed E-state index contributed by atoms with van der Waals surface area (Å²) in [6, 6.07) is 6.38. The molecule has 0 aliphatic carbocycles. The monoisotopic (exact) mass is 190 g/mol. The summed E-state index contributed by atoms with van der Waals surface area (Å²) < 4.78 is 0. The molecular weight excluding hydrogens is 172 g/mol. The van der Waals surface area contributed by atoms with Crippen molar-refractivity contribution in [3.05, 3.63) is 34.9 Å². The zero-order valence-electron chi connectivity index (χ0n) is 9.42. The largest absolute Gasteiger partial charge is 0.303 e. The van der Waals surface area contributed by atoms with Gasteiger partial charge in [-0.3, -0.25) is 0 Å². The molecule has 1 aromatic carbocycles. The average molecular weight is 190 g/mol. The molecule has 76 valence electrons. The van der Waals surface area contributed by atoms with Crippen LogP contribution in [0.2, 0.25) is 0 Å². The van der Waals surface area contributed by atoms with Crippen molar-refractivity contribution in [1.82, 2.24) is 0 Å². The van der Waals surface area contributed by atoms with Gasteiger partial charge in [0.15, 0.2) is 0 Å². The molecule has 0 heterocycles. The van der Waals surface area contributed by atoms with Crippen LogP contribution in [0.3, 0.4) is 0 Å². The Labute approximate surface area is 86.1 Å². The summed E-state index contributed by atoms with van der Waals surface area (Å²) in [7, 11) is 0. The van der Waals surface area contributed by atoms with Gasteiger partial charge in [-0.1, -0.05) is 37.6 Å². The Morgan fingerprint density at radius 3 is 2.43 bits per heavy atom. The van der Waals surface area contributed by atoms with Crippen molar-refractivity contribution in [3.8, 4) is 0 Å². The summed E-state index contributed by atoms with van der Waals surface area (Å²) in [6.07, 6.45) is 1.86. The van der Waals surface area contributed by atoms with Crippen molar-refractivity contribution < 1.29 is 4.79 Å². The summed E-state index contributed by atoms with van der Waals surface area (Å²) in [5.74, 6) is 0. The fraction of sp³-hybridized carbons (Fsp3) is 0.462. The second-order valence-electron chi connectivity index (χ2n) is 4.71. The zero-order chi connectivity index (χ0) is 10.8. The molecule has 0 spiro atoms. The van der Waals surface area contributed by atoms with Crippen molar-refractivity contribution >= 4 is 6.29 Å². The SMILES string of the molecule is Cc1ccc(CC(C)(C)C=O)c(C)c1. The normalized spacial score (nSPS) is 11.4. The predicted octanol–water partition coefficient (Wildman–Crippen LogP) is 3.07. The van der Waals surface area contributed by atoms with E-state index in [1.807, 2.05) is 13.8 Å². The van der Waals surface area contributed by atoms with Crippen LogP contribution < -0.4 is 0 Å². The third kappa shape index (κ3) is 2.69. The molecule has 0 atom stereocenters. The van der Waals surface area contributed by atoms with Gasteiger partial charge < -0.3 is 4.79 Å². The molecule has 0 amide bonds. The fourth-order valence-corrected chi connectivity index (χ4v) is 1.58. The molecule has 0 unspecified atom stereocenters. The molecule has 0 aromatic heterocycles. The minimum absolute atomic E-state index is 0.250. The minimum Gasteiger partial charge on any atom is -0.303 e. The molecule has 0 N–H and O–H groups in total. The number of benzene rings is 1. The summed E-state index contributed by atoms with van der Waals surface area (Å²) >= 11 is 0. The Balaban J connectivity index is 2.92. The lowest BCUT2D eigenvalue weighted by atomic mass is 9.85. The summed E-state index contributed by atoms with van der Waals surface area (Å²) in [5, 5.41) is 0. The third-order valence-corrected chi connectivity index (χ3v) is 2.46. The van der Waals surface area contributed by atoms with Crippen LogP contribution >= 0.6 is 0 Å². The van der Waals surface area contributed by atoms with Crippen molar-refractivity contribution in [2.75, 3.05) is 0 Å². The van der Waals surface area contributed by atoms with E-state index in [2.05, 4.69) is 32.0 Å². The quantitative estimate of drug-likeness (QED) is 0.669. The highest BCUT2D eigenvalue weighted by atomic mass is 16.1. The van der Waals surface area contributed by atoms with Crippen LogP contribution in [-0.2, 0) is 11.2 Å². The lowest BCUT2D eigenvalue weighted by molar-refractivity contribution is -0.114. The predicted molar refractivity (Wildman–Crippen MR) is 59.5 cm³/mol. The maximum Gasteiger partial charge on any atom is 0.125 e. The standard InChI is InChI=1S/C13H18O/c1-10-5-6-12(11(2)7-10)8-13(3,4)9-14/h5-7,9H,8H2,1-4H3. The van der Waals surface area contributed by atoms with Gasteiger partial charge in [0.05, 0.1) is 0 Å². The summed E-state index contributed by atoms with van der Waals surface area (Å²) in [6.45, 7) is 8.13. The first-order valence-electron chi connectivity index (χ1n) is 4.97. The van der Waals surface area contributed by atoms with Crippen LogP contribution in [0.4, 0.5) is 0 Å². The number of rotatable bonds is 3. The number of hydrogen-bond acceptors (Lipinski definition) is 1. The van der Waals surface area contributed by atoms with Crippen LogP contribution in [0.15, 0.2) is 18.2 Å². The van der Waals surface area contributed by atoms with E-state index >= 15 is 0 Å². The highest BCUT2D eigenvalue weighted by molar-refractivity contribution is 5.59. The van der Waals surface area contributed by atoms with Crippen LogP contribution in [-0.4, -0.2) is 6.29 Å². The second kappa shape index (κ2) is 3.95. The Morgan fingerprint density at radius 2 is 1.93 bits per heavy atom. The Bertz CT molecular complexity index is 337. The molecule has 0 aliphatic heterocycles. The number of aldehydes is 1. The minimum atomic E-state index is -0.250. The number of hydrogen-bond donors (Lipinski definition) is 0. The van der Waals surface area contributed by atoms with Crippen LogP contribution in [0.5, 0.6) is 0 Å². The molecule has 1 aromatic rings. The molecule has 1 nitrogen and oxygen atoms in total. The van der Waals surface area contributed by atoms with Crippen LogP contribution in [0.1, 0.15) is 30.5 Å². The van der Waals surface area contributed by atoms with E-state index < -0.39 is 0 Å². The molecule has 0 saturated heterocycles. The van der Waals surface area contributed by atoms with Gasteiger partial charge >= 0.3 is 0 Å². The highest BCUT2D eigenvalue weighted by Gasteiger charge is 2.17. The van der Waals surface area contributed by atoms with Crippen molar-refractivity contribution in [3.63, 3.8) is 0 Å². The Morgan fingerprint density at radius 1 is 1.29 bits per heavy atom. The number of aryl methyl sites for hydroxylation is 2. The first-order chi connectivity index (χ1) is 6.44. The highest BCUT2D eigenvalue weighted by Crippen LogP contribution is 2.21. The van der Waals surface area contributed by atoms with Crippen molar-refractivity contribution in [1.29, 1.82) is 0 Å². The van der Waals surface area contributed by atoms with Crippen LogP contribution in [0, 0.1) is 19.3 Å². The average Bonchev–Trinajstić information content (AvgIpc) is 2.10. The van der Waals surface area contributed by atoms with Gasteiger partial charge in [-0.05, 0) is 31.4 Å². The number of carbonyl (C=O) groups is 1. The lowest BCUT2D eigenvalue weighted by Crippen LogP contribution is -2.17. The molecule has 0 radical (unpaired) electrons. The van der Waals surface area contributed by atoms with E-state index in [9.17, 15) is 4.79 Å². The van der Waals surface area contributed by atoms with Crippen molar-refractivity contribution in [2.24, 2.45) is 5.41 Å². The Kier molecular flexibility index (Phi) is 3.10. The van der Waals surface area contributed by atoms with E-state index in [4.69, 9.17) is 0 Å². The first-order valence-corrected chi connectivity index (χ1v) is 4.97. The fourth-order valence-electron chi connectivity index (χ4n) is 1.58. The van der Waals surface area contributed by atoms with Gasteiger partial charge in [0, 0.05) is 5.41 Å². The van der Waals surface area contributed by atoms with Crippen LogP contribution in [0.25, 0.3) is 0 Å². The van der Waals surface area contributed by atoms with E-state index in [0.29, 0.717) is 0 Å². The molecular formula is C13H18O. The molecule has 1 heteroatoms. The molecule has 0 fully saturated rings. The summed E-state index contributed by atoms with van der Waals surface area (Å²) in [4.78, 5) is 10.8. The van der Waals surface area contributed by atoms with Gasteiger partial charge in [-0.15, -0.1) is 0 Å². The second-order valence-corrected chi connectivity index (χ2v) is 4.71. The molecule has 0 aliphatic rings. The molecule has 14 heavy (non-hydrogen) atoms. The van der Waals surface area contributed by atoms with E-state index in [-0.39, 0.29) is 5.41 Å². The smallest absolute Gasteiger partial charge is 0.125 e. The molecule has 0 saturated carbocycles. The molecule has 1 rings (SSSR count). The number of carbonyl (C=O) groups excluding carboxylic acids is 1. The maximum absolute atomic E-state index is 10.8. The Hall–Kier alpha value is -1.11. The van der Waals surface area contributed by atoms with Gasteiger partial charge in [0.25, 0.3) is 0 Å². The topological polar surface area (TPSA) is 17.1 Å². The van der Waals surface area contributed by atoms with E-state index in [1.54, 1.807) is 0 Å². The van der Waals surface area contributed by atoms with Gasteiger partial charge in [-0.25, -0.2) is 0 Å².